The Labute approximate surface area is 255 Å². The summed E-state index contributed by atoms with van der Waals surface area (Å²) < 4.78 is 7.32. The lowest BCUT2D eigenvalue weighted by atomic mass is 9.75. The molecule has 0 saturated heterocycles. The van der Waals surface area contributed by atoms with Crippen LogP contribution in [0.1, 0.15) is 41.7 Å². The quantitative estimate of drug-likeness (QED) is 0.142. The van der Waals surface area contributed by atoms with Crippen molar-refractivity contribution < 1.29 is 9.53 Å². The minimum Gasteiger partial charge on any atom is -0.465 e. The molecule has 0 bridgehead atoms. The molecule has 0 amide bonds. The summed E-state index contributed by atoms with van der Waals surface area (Å²) in [5.41, 5.74) is 9.04. The molecule has 0 unspecified atom stereocenters. The number of ether oxygens (including phenoxy) is 1. The molecule has 1 heterocycles. The second-order valence-electron chi connectivity index (χ2n) is 10.8. The summed E-state index contributed by atoms with van der Waals surface area (Å²) in [6, 6.07) is 34.9. The highest BCUT2D eigenvalue weighted by atomic mass is 16.5. The minimum absolute atomic E-state index is 0.207. The maximum Gasteiger partial charge on any atom is 0.320 e. The Bertz CT molecular complexity index is 1600. The number of hydrogen-bond acceptors (Lipinski definition) is 4. The number of hydrogen-bond donors (Lipinski definition) is 1. The molecule has 0 aliphatic rings. The van der Waals surface area contributed by atoms with E-state index < -0.39 is 5.41 Å². The van der Waals surface area contributed by atoms with E-state index in [4.69, 9.17) is 4.74 Å². The molecule has 43 heavy (non-hydrogen) atoms. The van der Waals surface area contributed by atoms with Crippen molar-refractivity contribution >= 4 is 11.7 Å². The second kappa shape index (κ2) is 14.3. The lowest BCUT2D eigenvalue weighted by Crippen LogP contribution is -2.35. The molecule has 0 aliphatic heterocycles. The fourth-order valence-electron chi connectivity index (χ4n) is 4.95. The smallest absolute Gasteiger partial charge is 0.320 e. The van der Waals surface area contributed by atoms with Crippen LogP contribution >= 0.6 is 0 Å². The molecule has 0 saturated carbocycles. The van der Waals surface area contributed by atoms with Gasteiger partial charge in [0.15, 0.2) is 0 Å². The topological polar surface area (TPSA) is 56.1 Å². The molecule has 1 N–H and O–H groups in total. The first-order chi connectivity index (χ1) is 20.8. The third-order valence-electron chi connectivity index (χ3n) is 7.43. The van der Waals surface area contributed by atoms with Gasteiger partial charge in [-0.2, -0.15) is 5.10 Å². The molecule has 5 rings (SSSR count). The van der Waals surface area contributed by atoms with Crippen molar-refractivity contribution in [2.24, 2.45) is 0 Å². The number of benzene rings is 4. The fourth-order valence-corrected chi connectivity index (χ4v) is 4.95. The van der Waals surface area contributed by atoms with E-state index in [9.17, 15) is 4.79 Å². The van der Waals surface area contributed by atoms with Gasteiger partial charge in [-0.1, -0.05) is 95.6 Å². The molecule has 5 heteroatoms. The standard InChI is InChI=1S/C19H19N3.C19H22O2/c1-3-13-20-17-8-6-16(7-9-17)19-12-14-21-22(19)18-10-4-15(2)5-11-18;1-5-21-18(20)19(4,16-10-6-8-14(2)12-16)17-11-7-9-15(3)13-17/h3-12,14,20H,1,13H2,2H3;6-13H,5H2,1-4H3. The number of nitrogens with zero attached hydrogens (tertiary/aromatic N) is 2. The number of aryl methyl sites for hydroxylation is 3. The number of carbonyl (C=O) groups excluding carboxylic acids is 1. The maximum atomic E-state index is 12.7. The summed E-state index contributed by atoms with van der Waals surface area (Å²) in [4.78, 5) is 12.7. The molecule has 1 aromatic heterocycles. The molecule has 4 aromatic carbocycles. The van der Waals surface area contributed by atoms with Gasteiger partial charge < -0.3 is 10.1 Å². The number of carbonyl (C=O) groups is 1. The Morgan fingerprint density at radius 3 is 2.00 bits per heavy atom. The summed E-state index contributed by atoms with van der Waals surface area (Å²) in [6.45, 7) is 14.8. The summed E-state index contributed by atoms with van der Waals surface area (Å²) in [7, 11) is 0. The zero-order chi connectivity index (χ0) is 30.8. The largest absolute Gasteiger partial charge is 0.465 e. The number of esters is 1. The molecule has 0 atom stereocenters. The minimum atomic E-state index is -0.784. The Kier molecular flexibility index (Phi) is 10.3. The number of anilines is 1. The predicted molar refractivity (Wildman–Crippen MR) is 178 cm³/mol. The van der Waals surface area contributed by atoms with Crippen molar-refractivity contribution in [1.29, 1.82) is 0 Å². The lowest BCUT2D eigenvalue weighted by molar-refractivity contribution is -0.147. The van der Waals surface area contributed by atoms with Crippen LogP contribution in [0.15, 0.2) is 122 Å². The molecule has 0 radical (unpaired) electrons. The van der Waals surface area contributed by atoms with Gasteiger partial charge in [0.25, 0.3) is 0 Å². The molecule has 0 spiro atoms. The third-order valence-corrected chi connectivity index (χ3v) is 7.43. The Balaban J connectivity index is 0.000000197. The Morgan fingerprint density at radius 2 is 1.47 bits per heavy atom. The van der Waals surface area contributed by atoms with Gasteiger partial charge in [0.2, 0.25) is 0 Å². The highest BCUT2D eigenvalue weighted by Gasteiger charge is 2.38. The van der Waals surface area contributed by atoms with E-state index in [0.29, 0.717) is 6.61 Å². The first-order valence-corrected chi connectivity index (χ1v) is 14.6. The van der Waals surface area contributed by atoms with Crippen LogP contribution in [0, 0.1) is 20.8 Å². The highest BCUT2D eigenvalue weighted by Crippen LogP contribution is 2.34. The van der Waals surface area contributed by atoms with Crippen molar-refractivity contribution in [3.8, 4) is 16.9 Å². The lowest BCUT2D eigenvalue weighted by Gasteiger charge is -2.29. The van der Waals surface area contributed by atoms with E-state index in [0.717, 1.165) is 51.4 Å². The summed E-state index contributed by atoms with van der Waals surface area (Å²) in [5.74, 6) is -0.207. The maximum absolute atomic E-state index is 12.7. The molecule has 220 valence electrons. The fraction of sp³-hybridized carbons (Fsp3) is 0.211. The van der Waals surface area contributed by atoms with Crippen LogP contribution in [0.3, 0.4) is 0 Å². The molecular weight excluding hydrogens is 530 g/mol. The van der Waals surface area contributed by atoms with Gasteiger partial charge in [-0.05, 0) is 76.1 Å². The zero-order valence-electron chi connectivity index (χ0n) is 25.8. The van der Waals surface area contributed by atoms with Crippen molar-refractivity contribution in [1.82, 2.24) is 9.78 Å². The zero-order valence-corrected chi connectivity index (χ0v) is 25.8. The first kappa shape index (κ1) is 31.0. The van der Waals surface area contributed by atoms with Gasteiger partial charge in [0.05, 0.1) is 24.2 Å². The normalized spacial score (nSPS) is 10.8. The molecule has 5 nitrogen and oxygen atoms in total. The SMILES string of the molecule is C=CCNc1ccc(-c2ccnn2-c2ccc(C)cc2)cc1.CCOC(=O)C(C)(c1cccc(C)c1)c1cccc(C)c1. The Hall–Kier alpha value is -4.90. The van der Waals surface area contributed by atoms with Crippen LogP contribution in [0.5, 0.6) is 0 Å². The van der Waals surface area contributed by atoms with Crippen LogP contribution in [0.25, 0.3) is 16.9 Å². The van der Waals surface area contributed by atoms with Gasteiger partial charge in [0, 0.05) is 17.8 Å². The number of rotatable bonds is 9. The number of nitrogens with one attached hydrogen (secondary N) is 1. The van der Waals surface area contributed by atoms with Crippen LogP contribution in [0.2, 0.25) is 0 Å². The predicted octanol–water partition coefficient (Wildman–Crippen LogP) is 8.62. The van der Waals surface area contributed by atoms with Crippen molar-refractivity contribution in [2.75, 3.05) is 18.5 Å². The van der Waals surface area contributed by atoms with Gasteiger partial charge in [-0.3, -0.25) is 4.79 Å². The molecular formula is C38H41N3O2. The molecule has 0 aliphatic carbocycles. The van der Waals surface area contributed by atoms with Crippen LogP contribution in [0.4, 0.5) is 5.69 Å². The first-order valence-electron chi connectivity index (χ1n) is 14.6. The van der Waals surface area contributed by atoms with Gasteiger partial charge in [-0.25, -0.2) is 4.68 Å². The van der Waals surface area contributed by atoms with Crippen LogP contribution < -0.4 is 5.32 Å². The van der Waals surface area contributed by atoms with Gasteiger partial charge in [-0.15, -0.1) is 6.58 Å². The number of aromatic nitrogens is 2. The molecule has 5 aromatic rings. The van der Waals surface area contributed by atoms with Crippen molar-refractivity contribution in [3.05, 3.63) is 150 Å². The van der Waals surface area contributed by atoms with Crippen LogP contribution in [-0.4, -0.2) is 28.9 Å². The van der Waals surface area contributed by atoms with Crippen LogP contribution in [-0.2, 0) is 14.9 Å². The average Bonchev–Trinajstić information content (AvgIpc) is 3.51. The summed E-state index contributed by atoms with van der Waals surface area (Å²) in [6.07, 6.45) is 3.68. The second-order valence-corrected chi connectivity index (χ2v) is 10.8. The summed E-state index contributed by atoms with van der Waals surface area (Å²) >= 11 is 0. The monoisotopic (exact) mass is 571 g/mol. The van der Waals surface area contributed by atoms with E-state index in [1.807, 2.05) is 87.1 Å². The summed E-state index contributed by atoms with van der Waals surface area (Å²) in [5, 5.41) is 7.73. The van der Waals surface area contributed by atoms with E-state index in [2.05, 4.69) is 84.6 Å². The van der Waals surface area contributed by atoms with E-state index >= 15 is 0 Å². The van der Waals surface area contributed by atoms with Crippen molar-refractivity contribution in [2.45, 2.75) is 40.0 Å². The van der Waals surface area contributed by atoms with E-state index in [-0.39, 0.29) is 5.97 Å². The van der Waals surface area contributed by atoms with Crippen molar-refractivity contribution in [3.63, 3.8) is 0 Å². The van der Waals surface area contributed by atoms with Gasteiger partial charge >= 0.3 is 5.97 Å². The highest BCUT2D eigenvalue weighted by molar-refractivity contribution is 5.87. The van der Waals surface area contributed by atoms with E-state index in [1.165, 1.54) is 5.56 Å². The Morgan fingerprint density at radius 1 is 0.860 bits per heavy atom. The van der Waals surface area contributed by atoms with E-state index in [1.54, 1.807) is 0 Å². The van der Waals surface area contributed by atoms with Gasteiger partial charge in [0.1, 0.15) is 5.41 Å². The third kappa shape index (κ3) is 7.49. The average molecular weight is 572 g/mol. The molecule has 0 fully saturated rings.